The fourth-order valence-corrected chi connectivity index (χ4v) is 4.64. The molecular formula is C23H13Cl4FN2O2S. The minimum atomic E-state index is -0.329. The van der Waals surface area contributed by atoms with Crippen molar-refractivity contribution in [1.82, 2.24) is 5.32 Å². The summed E-state index contributed by atoms with van der Waals surface area (Å²) in [5.74, 6) is -0.350. The molecule has 4 nitrogen and oxygen atoms in total. The van der Waals surface area contributed by atoms with E-state index < -0.39 is 0 Å². The number of carbonyl (C=O) groups is 1. The lowest BCUT2D eigenvalue weighted by molar-refractivity contribution is -0.115. The van der Waals surface area contributed by atoms with Crippen LogP contribution in [0.5, 0.6) is 5.75 Å². The maximum Gasteiger partial charge on any atom is 0.264 e. The third-order valence-corrected chi connectivity index (χ3v) is 6.70. The van der Waals surface area contributed by atoms with E-state index in [-0.39, 0.29) is 28.4 Å². The zero-order valence-electron chi connectivity index (χ0n) is 16.5. The molecule has 0 saturated carbocycles. The van der Waals surface area contributed by atoms with Gasteiger partial charge in [0, 0.05) is 0 Å². The van der Waals surface area contributed by atoms with Crippen molar-refractivity contribution < 1.29 is 13.9 Å². The van der Waals surface area contributed by atoms with Gasteiger partial charge in [-0.1, -0.05) is 64.6 Å². The molecule has 1 aliphatic rings. The molecular weight excluding hydrogens is 529 g/mol. The summed E-state index contributed by atoms with van der Waals surface area (Å²) in [4.78, 5) is 17.2. The van der Waals surface area contributed by atoms with Gasteiger partial charge in [-0.25, -0.2) is 9.38 Å². The van der Waals surface area contributed by atoms with E-state index >= 15 is 0 Å². The van der Waals surface area contributed by atoms with Crippen molar-refractivity contribution in [1.29, 1.82) is 0 Å². The van der Waals surface area contributed by atoms with Crippen LogP contribution in [-0.4, -0.2) is 11.1 Å². The molecule has 1 amide bonds. The summed E-state index contributed by atoms with van der Waals surface area (Å²) < 4.78 is 18.8. The number of thioether (sulfide) groups is 1. The molecule has 0 bridgehead atoms. The molecule has 0 radical (unpaired) electrons. The summed E-state index contributed by atoms with van der Waals surface area (Å²) in [6.07, 6.45) is 1.64. The van der Waals surface area contributed by atoms with Crippen LogP contribution in [0.1, 0.15) is 11.1 Å². The first kappa shape index (κ1) is 23.9. The Morgan fingerprint density at radius 3 is 2.39 bits per heavy atom. The number of carbonyl (C=O) groups excluding carboxylic acids is 1. The highest BCUT2D eigenvalue weighted by molar-refractivity contribution is 8.18. The van der Waals surface area contributed by atoms with Crippen LogP contribution >= 0.6 is 58.2 Å². The third kappa shape index (κ3) is 5.83. The van der Waals surface area contributed by atoms with Crippen molar-refractivity contribution >= 4 is 81.0 Å². The number of amides is 1. The summed E-state index contributed by atoms with van der Waals surface area (Å²) in [5, 5.41) is 4.28. The number of benzene rings is 3. The van der Waals surface area contributed by atoms with E-state index in [1.54, 1.807) is 48.5 Å². The Hall–Kier alpha value is -2.22. The van der Waals surface area contributed by atoms with Gasteiger partial charge in [0.1, 0.15) is 12.4 Å². The first-order chi connectivity index (χ1) is 15.8. The van der Waals surface area contributed by atoms with Crippen LogP contribution in [0, 0.1) is 5.82 Å². The van der Waals surface area contributed by atoms with Crippen molar-refractivity contribution in [3.8, 4) is 5.75 Å². The minimum Gasteiger partial charge on any atom is -0.486 e. The molecule has 1 saturated heterocycles. The summed E-state index contributed by atoms with van der Waals surface area (Å²) in [6.45, 7) is 0.171. The van der Waals surface area contributed by atoms with Crippen LogP contribution in [0.25, 0.3) is 6.08 Å². The molecule has 33 heavy (non-hydrogen) atoms. The topological polar surface area (TPSA) is 50.7 Å². The SMILES string of the molecule is O=C1NC(=Nc2cccc(Cl)c2Cl)S/C1=C/c1cc(Cl)c(OCc2ccc(F)cc2)c(Cl)c1. The number of aliphatic imine (C=N–C) groups is 1. The maximum absolute atomic E-state index is 13.0. The van der Waals surface area contributed by atoms with Crippen LogP contribution in [0.15, 0.2) is 64.5 Å². The Bertz CT molecular complexity index is 1270. The number of rotatable bonds is 5. The Morgan fingerprint density at radius 2 is 1.70 bits per heavy atom. The molecule has 4 rings (SSSR count). The Balaban J connectivity index is 1.51. The van der Waals surface area contributed by atoms with E-state index in [0.29, 0.717) is 37.1 Å². The van der Waals surface area contributed by atoms with Crippen molar-refractivity contribution in [2.24, 2.45) is 4.99 Å². The highest BCUT2D eigenvalue weighted by Gasteiger charge is 2.24. The summed E-state index contributed by atoms with van der Waals surface area (Å²) in [6, 6.07) is 14.3. The highest BCUT2D eigenvalue weighted by atomic mass is 35.5. The molecule has 0 aromatic heterocycles. The van der Waals surface area contributed by atoms with E-state index in [1.807, 2.05) is 0 Å². The summed E-state index contributed by atoms with van der Waals surface area (Å²) >= 11 is 26.0. The van der Waals surface area contributed by atoms with Crippen LogP contribution in [0.2, 0.25) is 20.1 Å². The Kier molecular flexibility index (Phi) is 7.51. The number of amidine groups is 1. The fourth-order valence-electron chi connectivity index (χ4n) is 2.86. The van der Waals surface area contributed by atoms with Gasteiger partial charge < -0.3 is 10.1 Å². The maximum atomic E-state index is 13.0. The third-order valence-electron chi connectivity index (χ3n) is 4.42. The van der Waals surface area contributed by atoms with Gasteiger partial charge in [-0.3, -0.25) is 4.79 Å². The number of hydrogen-bond acceptors (Lipinski definition) is 4. The smallest absolute Gasteiger partial charge is 0.264 e. The second-order valence-corrected chi connectivity index (χ2v) is 9.41. The quantitative estimate of drug-likeness (QED) is 0.334. The van der Waals surface area contributed by atoms with Gasteiger partial charge in [0.2, 0.25) is 0 Å². The summed E-state index contributed by atoms with van der Waals surface area (Å²) in [7, 11) is 0. The largest absolute Gasteiger partial charge is 0.486 e. The van der Waals surface area contributed by atoms with Crippen LogP contribution in [0.4, 0.5) is 10.1 Å². The second-order valence-electron chi connectivity index (χ2n) is 6.78. The number of halogens is 5. The zero-order valence-corrected chi connectivity index (χ0v) is 20.4. The monoisotopic (exact) mass is 540 g/mol. The van der Waals surface area contributed by atoms with E-state index in [0.717, 1.165) is 17.3 Å². The number of ether oxygens (including phenoxy) is 1. The van der Waals surface area contributed by atoms with E-state index in [2.05, 4.69) is 10.3 Å². The molecule has 3 aromatic carbocycles. The van der Waals surface area contributed by atoms with Crippen LogP contribution < -0.4 is 10.1 Å². The molecule has 0 unspecified atom stereocenters. The lowest BCUT2D eigenvalue weighted by Gasteiger charge is -2.11. The summed E-state index contributed by atoms with van der Waals surface area (Å²) in [5.41, 5.74) is 1.82. The standard InChI is InChI=1S/C23H13Cl4FN2O2S/c24-15-2-1-3-18(20(15)27)29-23-30-22(31)19(33-23)10-13-8-16(25)21(17(26)9-13)32-11-12-4-6-14(28)7-5-12/h1-10H,11H2,(H,29,30,31)/b19-10+. The first-order valence-electron chi connectivity index (χ1n) is 9.40. The van der Waals surface area contributed by atoms with Gasteiger partial charge in [-0.2, -0.15) is 0 Å². The van der Waals surface area contributed by atoms with Gasteiger partial charge >= 0.3 is 0 Å². The van der Waals surface area contributed by atoms with E-state index in [1.165, 1.54) is 12.1 Å². The molecule has 0 atom stereocenters. The number of hydrogen-bond donors (Lipinski definition) is 1. The highest BCUT2D eigenvalue weighted by Crippen LogP contribution is 2.37. The van der Waals surface area contributed by atoms with Crippen molar-refractivity contribution in [3.05, 3.63) is 96.5 Å². The Labute approximate surface area is 213 Å². The lowest BCUT2D eigenvalue weighted by Crippen LogP contribution is -2.19. The molecule has 0 aliphatic carbocycles. The number of nitrogens with one attached hydrogen (secondary N) is 1. The van der Waals surface area contributed by atoms with Gasteiger partial charge in [-0.05, 0) is 65.4 Å². The van der Waals surface area contributed by atoms with Gasteiger partial charge in [0.15, 0.2) is 10.9 Å². The van der Waals surface area contributed by atoms with Gasteiger partial charge in [0.05, 0.1) is 30.7 Å². The predicted molar refractivity (Wildman–Crippen MR) is 134 cm³/mol. The zero-order chi connectivity index (χ0) is 23.5. The molecule has 1 N–H and O–H groups in total. The van der Waals surface area contributed by atoms with Crippen LogP contribution in [0.3, 0.4) is 0 Å². The molecule has 1 aliphatic heterocycles. The molecule has 1 fully saturated rings. The van der Waals surface area contributed by atoms with Crippen molar-refractivity contribution in [2.75, 3.05) is 0 Å². The Morgan fingerprint density at radius 1 is 1.00 bits per heavy atom. The normalized spacial score (nSPS) is 15.8. The minimum absolute atomic E-state index is 0.171. The molecule has 168 valence electrons. The predicted octanol–water partition coefficient (Wildman–Crippen LogP) is 7.91. The fraction of sp³-hybridized carbons (Fsp3) is 0.0435. The average molecular weight is 542 g/mol. The molecule has 0 spiro atoms. The molecule has 1 heterocycles. The van der Waals surface area contributed by atoms with E-state index in [4.69, 9.17) is 51.1 Å². The van der Waals surface area contributed by atoms with Crippen LogP contribution in [-0.2, 0) is 11.4 Å². The lowest BCUT2D eigenvalue weighted by atomic mass is 10.2. The molecule has 3 aromatic rings. The second kappa shape index (κ2) is 10.4. The number of nitrogens with zero attached hydrogens (tertiary/aromatic N) is 1. The van der Waals surface area contributed by atoms with Crippen molar-refractivity contribution in [2.45, 2.75) is 6.61 Å². The van der Waals surface area contributed by atoms with Crippen molar-refractivity contribution in [3.63, 3.8) is 0 Å². The van der Waals surface area contributed by atoms with E-state index in [9.17, 15) is 9.18 Å². The molecule has 10 heteroatoms. The van der Waals surface area contributed by atoms with Gasteiger partial charge in [0.25, 0.3) is 5.91 Å². The average Bonchev–Trinajstić information content (AvgIpc) is 3.10. The first-order valence-corrected chi connectivity index (χ1v) is 11.7. The van der Waals surface area contributed by atoms with Gasteiger partial charge in [-0.15, -0.1) is 0 Å².